The van der Waals surface area contributed by atoms with Crippen molar-refractivity contribution in [1.29, 1.82) is 0 Å². The van der Waals surface area contributed by atoms with E-state index in [9.17, 15) is 0 Å². The predicted molar refractivity (Wildman–Crippen MR) is 39.9 cm³/mol. The van der Waals surface area contributed by atoms with Crippen molar-refractivity contribution in [3.8, 4) is 0 Å². The molecule has 0 bridgehead atoms. The van der Waals surface area contributed by atoms with E-state index >= 15 is 0 Å². The van der Waals surface area contributed by atoms with Crippen molar-refractivity contribution < 1.29 is 39.0 Å². The minimum Gasteiger partial charge on any atom is -0.473 e. The third-order valence-corrected chi connectivity index (χ3v) is 0.183. The fourth-order valence-corrected chi connectivity index (χ4v) is 0. The summed E-state index contributed by atoms with van der Waals surface area (Å²) < 4.78 is 8.88. The molecule has 74 valence electrons. The normalized spacial score (nSPS) is 8.58. The maximum atomic E-state index is 9.10. The molecule has 5 N–H and O–H groups in total. The number of halogens is 1. The minimum absolute atomic E-state index is 0. The van der Waals surface area contributed by atoms with E-state index in [1.54, 1.807) is 0 Å². The van der Waals surface area contributed by atoms with E-state index in [0.717, 1.165) is 0 Å². The number of carboxylic acid groups (broad SMARTS) is 2. The Kier molecular flexibility index (Phi) is 10.5. The Morgan fingerprint density at radius 1 is 0.917 bits per heavy atom. The van der Waals surface area contributed by atoms with E-state index in [1.807, 2.05) is 0 Å². The molecule has 8 nitrogen and oxygen atoms in total. The molecule has 10 heteroatoms. The second-order valence-corrected chi connectivity index (χ2v) is 2.15. The standard InChI is InChI=1S/C2H2O4.BrH.H3O4P/c3-1(4)2(5)6;;1-5(2,3)4/h(H,3,4)(H,5,6);1H;(H3,1,2,3,4). The largest absolute Gasteiger partial charge is 0.473 e. The summed E-state index contributed by atoms with van der Waals surface area (Å²) >= 11 is 0. The van der Waals surface area contributed by atoms with Gasteiger partial charge in [-0.2, -0.15) is 0 Å². The molecule has 0 rings (SSSR count). The monoisotopic (exact) mass is 268 g/mol. The first kappa shape index (κ1) is 17.6. The van der Waals surface area contributed by atoms with Crippen LogP contribution >= 0.6 is 24.8 Å². The van der Waals surface area contributed by atoms with Crippen LogP contribution in [0.4, 0.5) is 0 Å². The van der Waals surface area contributed by atoms with Crippen molar-refractivity contribution in [1.82, 2.24) is 0 Å². The number of phosphoric acid groups is 1. The van der Waals surface area contributed by atoms with E-state index in [4.69, 9.17) is 39.0 Å². The molecule has 0 unspecified atom stereocenters. The summed E-state index contributed by atoms with van der Waals surface area (Å²) in [6.45, 7) is 0. The molecule has 0 heterocycles. The number of rotatable bonds is 0. The molecule has 0 aromatic heterocycles. The molecule has 0 fully saturated rings. The van der Waals surface area contributed by atoms with Gasteiger partial charge in [0.05, 0.1) is 0 Å². The van der Waals surface area contributed by atoms with Gasteiger partial charge in [-0.1, -0.05) is 0 Å². The van der Waals surface area contributed by atoms with E-state index in [2.05, 4.69) is 0 Å². The van der Waals surface area contributed by atoms with Gasteiger partial charge < -0.3 is 24.9 Å². The molecule has 12 heavy (non-hydrogen) atoms. The van der Waals surface area contributed by atoms with Crippen LogP contribution in [0.5, 0.6) is 0 Å². The van der Waals surface area contributed by atoms with Crippen LogP contribution in [-0.2, 0) is 14.2 Å². The highest BCUT2D eigenvalue weighted by molar-refractivity contribution is 8.93. The number of hydrogen-bond donors (Lipinski definition) is 5. The average molecular weight is 269 g/mol. The van der Waals surface area contributed by atoms with Gasteiger partial charge in [0.2, 0.25) is 0 Å². The lowest BCUT2D eigenvalue weighted by molar-refractivity contribution is -0.159. The molecule has 0 atom stereocenters. The Morgan fingerprint density at radius 3 is 1.00 bits per heavy atom. The second-order valence-electron chi connectivity index (χ2n) is 1.12. The van der Waals surface area contributed by atoms with Crippen molar-refractivity contribution in [2.24, 2.45) is 0 Å². The molecule has 0 aliphatic rings. The summed E-state index contributed by atoms with van der Waals surface area (Å²) in [5.74, 6) is -3.65. The van der Waals surface area contributed by atoms with Gasteiger partial charge in [0.1, 0.15) is 0 Å². The molecule has 0 amide bonds. The molecular formula is C2H6BrO8P. The Balaban J connectivity index is -0.000000126. The van der Waals surface area contributed by atoms with Crippen LogP contribution in [-0.4, -0.2) is 36.8 Å². The van der Waals surface area contributed by atoms with Crippen LogP contribution in [0.1, 0.15) is 0 Å². The maximum Gasteiger partial charge on any atom is 0.466 e. The van der Waals surface area contributed by atoms with E-state index in [1.165, 1.54) is 0 Å². The third kappa shape index (κ3) is 55.6. The van der Waals surface area contributed by atoms with Gasteiger partial charge in [-0.3, -0.25) is 0 Å². The molecular weight excluding hydrogens is 263 g/mol. The topological polar surface area (TPSA) is 152 Å². The van der Waals surface area contributed by atoms with Crippen molar-refractivity contribution in [2.75, 3.05) is 0 Å². The Bertz CT molecular complexity index is 173. The molecule has 0 aliphatic carbocycles. The highest BCUT2D eigenvalue weighted by Gasteiger charge is 2.04. The summed E-state index contributed by atoms with van der Waals surface area (Å²) in [6, 6.07) is 0. The van der Waals surface area contributed by atoms with Gasteiger partial charge in [-0.05, 0) is 0 Å². The minimum atomic E-state index is -4.64. The molecule has 0 spiro atoms. The third-order valence-electron chi connectivity index (χ3n) is 0.183. The Morgan fingerprint density at radius 2 is 1.00 bits per heavy atom. The highest BCUT2D eigenvalue weighted by Crippen LogP contribution is 2.25. The highest BCUT2D eigenvalue weighted by atomic mass is 79.9. The number of hydrogen-bond acceptors (Lipinski definition) is 3. The Labute approximate surface area is 76.5 Å². The molecule has 0 radical (unpaired) electrons. The van der Waals surface area contributed by atoms with Crippen LogP contribution in [0.15, 0.2) is 0 Å². The van der Waals surface area contributed by atoms with E-state index in [0.29, 0.717) is 0 Å². The summed E-state index contributed by atoms with van der Waals surface area (Å²) in [6.07, 6.45) is 0. The van der Waals surface area contributed by atoms with Gasteiger partial charge in [-0.15, -0.1) is 17.0 Å². The van der Waals surface area contributed by atoms with Gasteiger partial charge in [0.25, 0.3) is 0 Å². The lowest BCUT2D eigenvalue weighted by Crippen LogP contribution is -2.09. The molecule has 0 saturated carbocycles. The number of carbonyl (C=O) groups is 2. The quantitative estimate of drug-likeness (QED) is 0.271. The first-order valence-corrected chi connectivity index (χ1v) is 3.45. The lowest BCUT2D eigenvalue weighted by atomic mass is 10.7. The van der Waals surface area contributed by atoms with Crippen molar-refractivity contribution >= 4 is 36.7 Å². The fourth-order valence-electron chi connectivity index (χ4n) is 0. The summed E-state index contributed by atoms with van der Waals surface area (Å²) in [5, 5.41) is 14.8. The zero-order valence-corrected chi connectivity index (χ0v) is 7.92. The zero-order chi connectivity index (χ0) is 9.65. The number of carboxylic acids is 2. The van der Waals surface area contributed by atoms with Crippen molar-refractivity contribution in [3.63, 3.8) is 0 Å². The second kappa shape index (κ2) is 7.19. The average Bonchev–Trinajstić information content (AvgIpc) is 1.59. The van der Waals surface area contributed by atoms with Crippen LogP contribution in [0, 0.1) is 0 Å². The summed E-state index contributed by atoms with van der Waals surface area (Å²) in [4.78, 5) is 39.8. The van der Waals surface area contributed by atoms with Crippen LogP contribution in [0.25, 0.3) is 0 Å². The molecule has 0 aromatic rings. The SMILES string of the molecule is Br.O=C(O)C(=O)O.O=P(O)(O)O. The van der Waals surface area contributed by atoms with E-state index in [-0.39, 0.29) is 17.0 Å². The molecule has 0 aliphatic heterocycles. The van der Waals surface area contributed by atoms with Gasteiger partial charge in [-0.25, -0.2) is 14.2 Å². The summed E-state index contributed by atoms with van der Waals surface area (Å²) in [7, 11) is -4.64. The summed E-state index contributed by atoms with van der Waals surface area (Å²) in [5.41, 5.74) is 0. The van der Waals surface area contributed by atoms with Crippen LogP contribution in [0.3, 0.4) is 0 Å². The van der Waals surface area contributed by atoms with Crippen LogP contribution < -0.4 is 0 Å². The van der Waals surface area contributed by atoms with Crippen LogP contribution in [0.2, 0.25) is 0 Å². The molecule has 0 saturated heterocycles. The number of aliphatic carboxylic acids is 2. The smallest absolute Gasteiger partial charge is 0.466 e. The van der Waals surface area contributed by atoms with Gasteiger partial charge in [0, 0.05) is 0 Å². The fraction of sp³-hybridized carbons (Fsp3) is 0. The first-order chi connectivity index (χ1) is 4.64. The maximum absolute atomic E-state index is 9.10. The molecule has 0 aromatic carbocycles. The zero-order valence-electron chi connectivity index (χ0n) is 5.32. The van der Waals surface area contributed by atoms with Gasteiger partial charge in [0.15, 0.2) is 0 Å². The first-order valence-electron chi connectivity index (χ1n) is 1.89. The lowest BCUT2D eigenvalue weighted by Gasteiger charge is -1.82. The van der Waals surface area contributed by atoms with Crippen molar-refractivity contribution in [3.05, 3.63) is 0 Å². The predicted octanol–water partition coefficient (Wildman–Crippen LogP) is -1.20. The van der Waals surface area contributed by atoms with Crippen molar-refractivity contribution in [2.45, 2.75) is 0 Å². The Hall–Kier alpha value is -0.470. The van der Waals surface area contributed by atoms with Gasteiger partial charge >= 0.3 is 19.8 Å². The van der Waals surface area contributed by atoms with E-state index < -0.39 is 19.8 Å².